The normalized spacial score (nSPS) is 13.5. The van der Waals surface area contributed by atoms with Gasteiger partial charge in [0.25, 0.3) is 0 Å². The lowest BCUT2D eigenvalue weighted by atomic mass is 10.0. The number of carbonyl (C=O) groups is 1. The summed E-state index contributed by atoms with van der Waals surface area (Å²) >= 11 is 0. The van der Waals surface area contributed by atoms with Crippen LogP contribution in [0.4, 0.5) is 0 Å². The van der Waals surface area contributed by atoms with E-state index in [-0.39, 0.29) is 18.9 Å². The van der Waals surface area contributed by atoms with Gasteiger partial charge in [-0.3, -0.25) is 4.79 Å². The molecule has 71 heavy (non-hydrogen) atoms. The van der Waals surface area contributed by atoms with Crippen molar-refractivity contribution in [2.45, 2.75) is 360 Å². The molecule has 1 amide bonds. The summed E-state index contributed by atoms with van der Waals surface area (Å²) in [6, 6.07) is -0.763. The van der Waals surface area contributed by atoms with Crippen molar-refractivity contribution in [1.82, 2.24) is 5.32 Å². The quantitative estimate of drug-likeness (QED) is 0.0361. The van der Waals surface area contributed by atoms with Crippen molar-refractivity contribution in [3.63, 3.8) is 0 Å². The average molecular weight is 997 g/mol. The molecule has 0 spiro atoms. The second-order valence-corrected chi connectivity index (χ2v) is 22.0. The molecule has 0 aliphatic heterocycles. The number of unbranched alkanes of at least 4 members (excludes halogenated alkanes) is 44. The summed E-state index contributed by atoms with van der Waals surface area (Å²) in [7, 11) is 0. The molecule has 5 heteroatoms. The molecule has 0 aromatic carbocycles. The Labute approximate surface area is 444 Å². The Kier molecular flexibility index (Phi) is 59.4. The molecule has 0 bridgehead atoms. The first-order chi connectivity index (χ1) is 35.0. The zero-order chi connectivity index (χ0) is 51.4. The van der Waals surface area contributed by atoms with Gasteiger partial charge in [0.1, 0.15) is 0 Å². The van der Waals surface area contributed by atoms with E-state index in [2.05, 4.69) is 55.6 Å². The molecular formula is C66H125NO4. The first-order valence-corrected chi connectivity index (χ1v) is 31.9. The van der Waals surface area contributed by atoms with Crippen molar-refractivity contribution >= 4 is 5.91 Å². The molecule has 0 heterocycles. The van der Waals surface area contributed by atoms with Crippen LogP contribution in [0, 0.1) is 0 Å². The van der Waals surface area contributed by atoms with Gasteiger partial charge < -0.3 is 20.6 Å². The van der Waals surface area contributed by atoms with E-state index in [4.69, 9.17) is 0 Å². The number of hydrogen-bond donors (Lipinski definition) is 4. The zero-order valence-corrected chi connectivity index (χ0v) is 47.9. The molecule has 4 N–H and O–H groups in total. The lowest BCUT2D eigenvalue weighted by molar-refractivity contribution is -0.124. The zero-order valence-electron chi connectivity index (χ0n) is 47.9. The molecule has 3 atom stereocenters. The van der Waals surface area contributed by atoms with Gasteiger partial charge in [-0.25, -0.2) is 0 Å². The van der Waals surface area contributed by atoms with Gasteiger partial charge in [0, 0.05) is 0 Å². The fourth-order valence-corrected chi connectivity index (χ4v) is 9.98. The van der Waals surface area contributed by atoms with Crippen molar-refractivity contribution < 1.29 is 20.1 Å². The van der Waals surface area contributed by atoms with Crippen molar-refractivity contribution in [2.24, 2.45) is 0 Å². The van der Waals surface area contributed by atoms with Gasteiger partial charge in [-0.15, -0.1) is 0 Å². The van der Waals surface area contributed by atoms with E-state index in [0.717, 1.165) is 38.5 Å². The van der Waals surface area contributed by atoms with Crippen LogP contribution >= 0.6 is 0 Å². The number of carbonyl (C=O) groups excluding carboxylic acids is 1. The summed E-state index contributed by atoms with van der Waals surface area (Å²) in [5, 5.41) is 33.5. The van der Waals surface area contributed by atoms with Gasteiger partial charge in [0.05, 0.1) is 31.3 Å². The fourth-order valence-electron chi connectivity index (χ4n) is 9.98. The van der Waals surface area contributed by atoms with Crippen LogP contribution in [0.3, 0.4) is 0 Å². The number of hydrogen-bond acceptors (Lipinski definition) is 4. The smallest absolute Gasteiger partial charge is 0.222 e. The molecule has 5 nitrogen and oxygen atoms in total. The standard InChI is InChI=1S/C66H125NO4/c1-3-5-7-9-11-13-15-17-19-21-23-25-27-29-30-31-32-33-34-36-37-39-41-43-45-47-49-51-53-55-57-59-63(69)61-66(71)67-64(62-68)65(70)60-58-56-54-52-50-48-46-44-42-40-38-35-28-26-24-22-20-18-16-14-12-10-8-6-4-2/h23,25,29-30,50,52,58,60,63-65,68-70H,3-22,24,26-28,31-49,51,53-57,59,61-62H2,1-2H3,(H,67,71)/b25-23-,30-29-,52-50+,60-58+. The van der Waals surface area contributed by atoms with Gasteiger partial charge in [-0.1, -0.05) is 319 Å². The van der Waals surface area contributed by atoms with E-state index >= 15 is 0 Å². The molecule has 0 fully saturated rings. The topological polar surface area (TPSA) is 89.8 Å². The first-order valence-electron chi connectivity index (χ1n) is 31.9. The largest absolute Gasteiger partial charge is 0.394 e. The van der Waals surface area contributed by atoms with E-state index < -0.39 is 18.2 Å². The predicted molar refractivity (Wildman–Crippen MR) is 314 cm³/mol. The number of allylic oxidation sites excluding steroid dienone is 7. The van der Waals surface area contributed by atoms with Crippen LogP contribution in [0.15, 0.2) is 48.6 Å². The van der Waals surface area contributed by atoms with Crippen molar-refractivity contribution in [2.75, 3.05) is 6.61 Å². The van der Waals surface area contributed by atoms with Crippen LogP contribution in [0.1, 0.15) is 341 Å². The molecule has 418 valence electrons. The molecule has 0 rings (SSSR count). The molecule has 0 aliphatic rings. The minimum Gasteiger partial charge on any atom is -0.394 e. The van der Waals surface area contributed by atoms with E-state index in [1.54, 1.807) is 6.08 Å². The third kappa shape index (κ3) is 57.4. The minimum absolute atomic E-state index is 0.00654. The highest BCUT2D eigenvalue weighted by molar-refractivity contribution is 5.76. The number of rotatable bonds is 59. The van der Waals surface area contributed by atoms with E-state index in [1.807, 2.05) is 6.08 Å². The number of aliphatic hydroxyl groups excluding tert-OH is 3. The van der Waals surface area contributed by atoms with E-state index in [0.29, 0.717) is 6.42 Å². The molecule has 0 saturated carbocycles. The van der Waals surface area contributed by atoms with Gasteiger partial charge >= 0.3 is 0 Å². The van der Waals surface area contributed by atoms with Gasteiger partial charge in [0.15, 0.2) is 0 Å². The maximum absolute atomic E-state index is 12.6. The molecule has 0 radical (unpaired) electrons. The Morgan fingerprint density at radius 2 is 0.648 bits per heavy atom. The Morgan fingerprint density at radius 3 is 0.986 bits per heavy atom. The summed E-state index contributed by atoms with van der Waals surface area (Å²) in [5.41, 5.74) is 0. The van der Waals surface area contributed by atoms with Crippen LogP contribution in [-0.2, 0) is 4.79 Å². The van der Waals surface area contributed by atoms with Crippen LogP contribution in [-0.4, -0.2) is 46.1 Å². The molecule has 0 saturated heterocycles. The molecule has 0 aromatic heterocycles. The van der Waals surface area contributed by atoms with Crippen LogP contribution in [0.2, 0.25) is 0 Å². The summed E-state index contributed by atoms with van der Waals surface area (Å²) < 4.78 is 0. The number of aliphatic hydroxyl groups is 3. The second-order valence-electron chi connectivity index (χ2n) is 22.0. The Morgan fingerprint density at radius 1 is 0.366 bits per heavy atom. The monoisotopic (exact) mass is 996 g/mol. The lowest BCUT2D eigenvalue weighted by Gasteiger charge is -2.21. The predicted octanol–water partition coefficient (Wildman–Crippen LogP) is 20.3. The summed E-state index contributed by atoms with van der Waals surface area (Å²) in [5.74, 6) is -0.321. The highest BCUT2D eigenvalue weighted by Crippen LogP contribution is 2.18. The highest BCUT2D eigenvalue weighted by Gasteiger charge is 2.20. The van der Waals surface area contributed by atoms with Gasteiger partial charge in [-0.05, 0) is 64.2 Å². The minimum atomic E-state index is -0.954. The number of amides is 1. The SMILES string of the molecule is CCCCCCCCCCC/C=C\C/C=C\CCCCCCCCCCCCCCCCCC(O)CC(=O)NC(CO)C(O)/C=C/CC/C=C/CCCCCCCCCCCCCCCCCCCCC. The summed E-state index contributed by atoms with van der Waals surface area (Å²) in [4.78, 5) is 12.6. The molecule has 3 unspecified atom stereocenters. The lowest BCUT2D eigenvalue weighted by Crippen LogP contribution is -2.45. The average Bonchev–Trinajstić information content (AvgIpc) is 3.37. The molecular weight excluding hydrogens is 871 g/mol. The molecule has 0 aliphatic carbocycles. The van der Waals surface area contributed by atoms with Crippen LogP contribution < -0.4 is 5.32 Å². The summed E-state index contributed by atoms with van der Waals surface area (Å²) in [6.07, 6.45) is 81.9. The van der Waals surface area contributed by atoms with E-state index in [1.165, 1.54) is 276 Å². The van der Waals surface area contributed by atoms with Crippen molar-refractivity contribution in [3.05, 3.63) is 48.6 Å². The maximum Gasteiger partial charge on any atom is 0.222 e. The maximum atomic E-state index is 12.6. The summed E-state index contributed by atoms with van der Waals surface area (Å²) in [6.45, 7) is 4.24. The van der Waals surface area contributed by atoms with Crippen molar-refractivity contribution in [3.8, 4) is 0 Å². The third-order valence-corrected chi connectivity index (χ3v) is 14.8. The first kappa shape index (κ1) is 69.3. The van der Waals surface area contributed by atoms with Gasteiger partial charge in [-0.2, -0.15) is 0 Å². The number of nitrogens with one attached hydrogen (secondary N) is 1. The fraction of sp³-hybridized carbons (Fsp3) is 0.864. The Hall–Kier alpha value is -1.69. The molecule has 0 aromatic rings. The van der Waals surface area contributed by atoms with E-state index in [9.17, 15) is 20.1 Å². The Balaban J connectivity index is 3.56. The van der Waals surface area contributed by atoms with Crippen molar-refractivity contribution in [1.29, 1.82) is 0 Å². The van der Waals surface area contributed by atoms with Gasteiger partial charge in [0.2, 0.25) is 5.91 Å². The Bertz CT molecular complexity index is 1150. The third-order valence-electron chi connectivity index (χ3n) is 14.8. The van der Waals surface area contributed by atoms with Crippen LogP contribution in [0.5, 0.6) is 0 Å². The highest BCUT2D eigenvalue weighted by atomic mass is 16.3. The van der Waals surface area contributed by atoms with Crippen LogP contribution in [0.25, 0.3) is 0 Å². The second kappa shape index (κ2) is 60.9.